The maximum absolute atomic E-state index is 14.7. The first-order valence-electron chi connectivity index (χ1n) is 10.7. The third kappa shape index (κ3) is 4.43. The Balaban J connectivity index is 1.19. The normalized spacial score (nSPS) is 16.9. The molecule has 4 aromatic rings. The van der Waals surface area contributed by atoms with Crippen LogP contribution in [0.15, 0.2) is 79.4 Å². The first-order valence-corrected chi connectivity index (χ1v) is 10.7. The summed E-state index contributed by atoms with van der Waals surface area (Å²) < 4.78 is 14.7. The molecule has 0 spiro atoms. The van der Waals surface area contributed by atoms with Crippen LogP contribution >= 0.6 is 0 Å². The van der Waals surface area contributed by atoms with Gasteiger partial charge in [-0.2, -0.15) is 0 Å². The van der Waals surface area contributed by atoms with Crippen molar-refractivity contribution in [2.45, 2.75) is 18.9 Å². The molecule has 2 aromatic heterocycles. The summed E-state index contributed by atoms with van der Waals surface area (Å²) in [5, 5.41) is 6.70. The number of benzene rings is 2. The second-order valence-corrected chi connectivity index (χ2v) is 8.13. The summed E-state index contributed by atoms with van der Waals surface area (Å²) in [4.78, 5) is 33.1. The average Bonchev–Trinajstić information content (AvgIpc) is 3.66. The molecule has 2 heterocycles. The van der Waals surface area contributed by atoms with E-state index in [-0.39, 0.29) is 29.3 Å². The maximum atomic E-state index is 14.7. The maximum Gasteiger partial charge on any atom is 0.251 e. The first kappa shape index (κ1) is 20.8. The summed E-state index contributed by atoms with van der Waals surface area (Å²) >= 11 is 0. The van der Waals surface area contributed by atoms with Crippen molar-refractivity contribution in [3.05, 3.63) is 102 Å². The molecule has 0 bridgehead atoms. The fourth-order valence-corrected chi connectivity index (χ4v) is 3.97. The molecule has 2 amide bonds. The fraction of sp³-hybridized carbons (Fsp3) is 0.154. The summed E-state index contributed by atoms with van der Waals surface area (Å²) in [7, 11) is 0. The van der Waals surface area contributed by atoms with Crippen LogP contribution in [0.5, 0.6) is 0 Å². The molecule has 1 fully saturated rings. The fourth-order valence-electron chi connectivity index (χ4n) is 3.97. The van der Waals surface area contributed by atoms with E-state index in [4.69, 9.17) is 0 Å². The molecule has 2 aromatic carbocycles. The summed E-state index contributed by atoms with van der Waals surface area (Å²) in [6.45, 7) is 0.404. The van der Waals surface area contributed by atoms with E-state index in [1.807, 2.05) is 24.3 Å². The van der Waals surface area contributed by atoms with Crippen LogP contribution in [0.1, 0.15) is 33.8 Å². The largest absolute Gasteiger partial charge is 0.348 e. The van der Waals surface area contributed by atoms with Crippen LogP contribution < -0.4 is 10.6 Å². The Hall–Kier alpha value is -4.13. The Bertz CT molecular complexity index is 1330. The van der Waals surface area contributed by atoms with Gasteiger partial charge >= 0.3 is 0 Å². The van der Waals surface area contributed by atoms with Crippen molar-refractivity contribution in [2.75, 3.05) is 5.32 Å². The van der Waals surface area contributed by atoms with E-state index in [0.29, 0.717) is 29.3 Å². The molecular weight excluding hydrogens is 419 g/mol. The van der Waals surface area contributed by atoms with Crippen molar-refractivity contribution in [3.63, 3.8) is 0 Å². The molecule has 1 saturated carbocycles. The minimum Gasteiger partial charge on any atom is -0.348 e. The highest BCUT2D eigenvalue weighted by atomic mass is 19.1. The number of aromatic nitrogens is 2. The van der Waals surface area contributed by atoms with Crippen LogP contribution in [0.3, 0.4) is 0 Å². The lowest BCUT2D eigenvalue weighted by Crippen LogP contribution is -2.22. The Labute approximate surface area is 189 Å². The number of fused-ring (bicyclic) bond motifs is 1. The molecule has 2 atom stereocenters. The Morgan fingerprint density at radius 2 is 1.79 bits per heavy atom. The molecule has 0 aliphatic heterocycles. The van der Waals surface area contributed by atoms with Crippen LogP contribution in [-0.4, -0.2) is 21.8 Å². The number of nitrogens with one attached hydrogen (secondary N) is 2. The number of hydrogen-bond acceptors (Lipinski definition) is 4. The molecule has 164 valence electrons. The van der Waals surface area contributed by atoms with Crippen molar-refractivity contribution in [1.82, 2.24) is 15.3 Å². The summed E-state index contributed by atoms with van der Waals surface area (Å²) in [5.74, 6) is -0.988. The van der Waals surface area contributed by atoms with Gasteiger partial charge < -0.3 is 10.6 Å². The second-order valence-electron chi connectivity index (χ2n) is 8.13. The minimum atomic E-state index is -0.456. The lowest BCUT2D eigenvalue weighted by molar-refractivity contribution is -0.117. The van der Waals surface area contributed by atoms with Gasteiger partial charge in [-0.3, -0.25) is 19.6 Å². The van der Waals surface area contributed by atoms with Gasteiger partial charge in [0.25, 0.3) is 5.91 Å². The van der Waals surface area contributed by atoms with Crippen molar-refractivity contribution < 1.29 is 14.0 Å². The third-order valence-electron chi connectivity index (χ3n) is 5.92. The number of anilines is 1. The molecule has 1 aliphatic carbocycles. The average molecular weight is 440 g/mol. The van der Waals surface area contributed by atoms with Crippen molar-refractivity contribution in [1.29, 1.82) is 0 Å². The van der Waals surface area contributed by atoms with Crippen LogP contribution in [-0.2, 0) is 11.3 Å². The summed E-state index contributed by atoms with van der Waals surface area (Å²) in [6.07, 6.45) is 7.20. The molecule has 0 radical (unpaired) electrons. The van der Waals surface area contributed by atoms with E-state index in [1.54, 1.807) is 48.9 Å². The van der Waals surface area contributed by atoms with Crippen LogP contribution in [0.4, 0.5) is 10.1 Å². The summed E-state index contributed by atoms with van der Waals surface area (Å²) in [6, 6.07) is 15.9. The molecule has 33 heavy (non-hydrogen) atoms. The molecule has 0 saturated heterocycles. The first-order chi connectivity index (χ1) is 16.1. The number of nitrogens with zero attached hydrogens (tertiary/aromatic N) is 2. The van der Waals surface area contributed by atoms with Gasteiger partial charge in [0.1, 0.15) is 0 Å². The zero-order valence-electron chi connectivity index (χ0n) is 17.7. The number of carbonyl (C=O) groups excluding carboxylic acids is 2. The van der Waals surface area contributed by atoms with Gasteiger partial charge in [0.05, 0.1) is 5.69 Å². The van der Waals surface area contributed by atoms with Gasteiger partial charge in [-0.1, -0.05) is 24.3 Å². The number of pyridine rings is 2. The molecule has 6 nitrogen and oxygen atoms in total. The SMILES string of the molecule is O=C(NCc1cccnc1)c1ccc(C2C[C@H]2C(=O)Nc2ccc3cnccc3c2F)cc1. The monoisotopic (exact) mass is 440 g/mol. The zero-order valence-corrected chi connectivity index (χ0v) is 17.7. The number of hydrogen-bond donors (Lipinski definition) is 2. The molecule has 5 rings (SSSR count). The van der Waals surface area contributed by atoms with Crippen molar-refractivity contribution >= 4 is 28.3 Å². The predicted octanol–water partition coefficient (Wildman–Crippen LogP) is 4.44. The standard InChI is InChI=1S/C26H21FN4O2/c27-24-20-9-11-29-15-19(20)7-8-23(24)31-26(33)22-12-21(22)17-3-5-18(6-4-17)25(32)30-14-16-2-1-10-28-13-16/h1-11,13,15,21-22H,12,14H2,(H,30,32)(H,31,33)/t21?,22-/m1/s1. The topological polar surface area (TPSA) is 84.0 Å². The van der Waals surface area contributed by atoms with E-state index in [0.717, 1.165) is 11.1 Å². The zero-order chi connectivity index (χ0) is 22.8. The Kier molecular flexibility index (Phi) is 5.52. The molecule has 1 aliphatic rings. The number of rotatable bonds is 6. The van der Waals surface area contributed by atoms with E-state index < -0.39 is 5.82 Å². The van der Waals surface area contributed by atoms with E-state index in [2.05, 4.69) is 20.6 Å². The van der Waals surface area contributed by atoms with Crippen LogP contribution in [0.2, 0.25) is 0 Å². The van der Waals surface area contributed by atoms with Crippen LogP contribution in [0.25, 0.3) is 10.8 Å². The van der Waals surface area contributed by atoms with E-state index in [9.17, 15) is 14.0 Å². The van der Waals surface area contributed by atoms with Gasteiger partial charge in [0, 0.05) is 53.6 Å². The molecule has 1 unspecified atom stereocenters. The van der Waals surface area contributed by atoms with Gasteiger partial charge in [-0.25, -0.2) is 4.39 Å². The van der Waals surface area contributed by atoms with Crippen molar-refractivity contribution in [2.24, 2.45) is 5.92 Å². The highest BCUT2D eigenvalue weighted by Gasteiger charge is 2.44. The molecular formula is C26H21FN4O2. The number of amides is 2. The lowest BCUT2D eigenvalue weighted by Gasteiger charge is -2.09. The van der Waals surface area contributed by atoms with Crippen LogP contribution in [0, 0.1) is 11.7 Å². The Morgan fingerprint density at radius 1 is 0.970 bits per heavy atom. The lowest BCUT2D eigenvalue weighted by atomic mass is 10.1. The quantitative estimate of drug-likeness (QED) is 0.464. The number of carbonyl (C=O) groups is 2. The van der Waals surface area contributed by atoms with Crippen molar-refractivity contribution in [3.8, 4) is 0 Å². The second kappa shape index (κ2) is 8.78. The summed E-state index contributed by atoms with van der Waals surface area (Å²) in [5.41, 5.74) is 2.64. The molecule has 2 N–H and O–H groups in total. The van der Waals surface area contributed by atoms with E-state index >= 15 is 0 Å². The third-order valence-corrected chi connectivity index (χ3v) is 5.92. The van der Waals surface area contributed by atoms with Gasteiger partial charge in [0.2, 0.25) is 5.91 Å². The predicted molar refractivity (Wildman–Crippen MR) is 123 cm³/mol. The molecule has 7 heteroatoms. The van der Waals surface area contributed by atoms with Gasteiger partial charge in [0.15, 0.2) is 5.82 Å². The van der Waals surface area contributed by atoms with E-state index in [1.165, 1.54) is 6.20 Å². The van der Waals surface area contributed by atoms with Gasteiger partial charge in [-0.05, 0) is 53.8 Å². The van der Waals surface area contributed by atoms with Gasteiger partial charge in [-0.15, -0.1) is 0 Å². The Morgan fingerprint density at radius 3 is 2.58 bits per heavy atom. The number of halogens is 1. The highest BCUT2D eigenvalue weighted by Crippen LogP contribution is 2.48. The smallest absolute Gasteiger partial charge is 0.251 e. The minimum absolute atomic E-state index is 0.0604. The highest BCUT2D eigenvalue weighted by molar-refractivity contribution is 5.98.